The molecule has 2 aliphatic rings. The molecule has 1 aliphatic heterocycles. The zero-order chi connectivity index (χ0) is 44.3. The van der Waals surface area contributed by atoms with Crippen LogP contribution in [0.15, 0.2) is 89.8 Å². The molecule has 6 N–H and O–H groups in total. The molecule has 1 unspecified atom stereocenters. The smallest absolute Gasteiger partial charge is 0.289 e. The van der Waals surface area contributed by atoms with Gasteiger partial charge in [0.25, 0.3) is 17.7 Å². The molecule has 3 aromatic rings. The molecule has 14 nitrogen and oxygen atoms in total. The van der Waals surface area contributed by atoms with Crippen LogP contribution in [0.3, 0.4) is 0 Å². The Labute approximate surface area is 377 Å². The van der Waals surface area contributed by atoms with Crippen molar-refractivity contribution in [2.45, 2.75) is 113 Å². The zero-order valence-electron chi connectivity index (χ0n) is 35.9. The lowest BCUT2D eigenvalue weighted by Crippen LogP contribution is -2.55. The highest BCUT2D eigenvalue weighted by molar-refractivity contribution is 7.89. The molecule has 5 amide bonds. The maximum absolute atomic E-state index is 14.1. The number of unbranched alkanes of at least 4 members (excludes halogenated alkanes) is 6. The van der Waals surface area contributed by atoms with Gasteiger partial charge in [0.1, 0.15) is 12.1 Å². The van der Waals surface area contributed by atoms with E-state index < -0.39 is 39.7 Å². The Bertz CT molecular complexity index is 2050. The minimum Gasteiger partial charge on any atom is -0.348 e. The average molecular weight is 908 g/mol. The molecule has 1 saturated carbocycles. The summed E-state index contributed by atoms with van der Waals surface area (Å²) in [4.78, 5) is 81.7. The van der Waals surface area contributed by atoms with Crippen molar-refractivity contribution in [3.63, 3.8) is 0 Å². The Balaban J connectivity index is 0.00000871. The summed E-state index contributed by atoms with van der Waals surface area (Å²) >= 11 is 0. The minimum atomic E-state index is -3.82. The van der Waals surface area contributed by atoms with Gasteiger partial charge in [-0.3, -0.25) is 33.7 Å². The second-order valence-corrected chi connectivity index (χ2v) is 18.1. The predicted octanol–water partition coefficient (Wildman–Crippen LogP) is 5.25. The number of nitrogens with zero attached hydrogens (tertiary/aromatic N) is 1. The largest absolute Gasteiger partial charge is 0.348 e. The van der Waals surface area contributed by atoms with E-state index in [4.69, 9.17) is 5.73 Å². The highest BCUT2D eigenvalue weighted by atomic mass is 35.5. The summed E-state index contributed by atoms with van der Waals surface area (Å²) in [6.45, 7) is 0.477. The van der Waals surface area contributed by atoms with Gasteiger partial charge in [0.05, 0.1) is 16.0 Å². The summed E-state index contributed by atoms with van der Waals surface area (Å²) in [6.07, 6.45) is 11.5. The summed E-state index contributed by atoms with van der Waals surface area (Å²) in [5.41, 5.74) is 7.42. The quantitative estimate of drug-likeness (QED) is 0.0384. The number of Topliss-reactive ketones (excluding diaryl/α,β-unsaturated/α-hetero) is 1. The van der Waals surface area contributed by atoms with Crippen molar-refractivity contribution in [1.82, 2.24) is 25.6 Å². The maximum atomic E-state index is 14.1. The Hall–Kier alpha value is -4.96. The Kier molecular flexibility index (Phi) is 20.9. The van der Waals surface area contributed by atoms with E-state index in [1.165, 1.54) is 17.0 Å². The number of fused-ring (bicyclic) bond motifs is 1. The molecule has 63 heavy (non-hydrogen) atoms. The molecular weight excluding hydrogens is 844 g/mol. The fraction of sp³-hybridized carbons (Fsp3) is 0.489. The van der Waals surface area contributed by atoms with Gasteiger partial charge in [-0.15, -0.1) is 12.4 Å². The number of rotatable bonds is 27. The molecular formula is C47H63ClN6O8S. The van der Waals surface area contributed by atoms with Gasteiger partial charge in [0.15, 0.2) is 0 Å². The van der Waals surface area contributed by atoms with Crippen molar-refractivity contribution in [3.05, 3.63) is 102 Å². The van der Waals surface area contributed by atoms with E-state index >= 15 is 0 Å². The second-order valence-electron chi connectivity index (χ2n) is 16.3. The molecule has 3 atom stereocenters. The van der Waals surface area contributed by atoms with Gasteiger partial charge in [-0.05, 0) is 87.2 Å². The number of amides is 5. The fourth-order valence-corrected chi connectivity index (χ4v) is 9.44. The third kappa shape index (κ3) is 15.1. The van der Waals surface area contributed by atoms with E-state index in [2.05, 4.69) is 20.7 Å². The van der Waals surface area contributed by atoms with E-state index in [1.54, 1.807) is 66.7 Å². The van der Waals surface area contributed by atoms with E-state index in [0.717, 1.165) is 64.2 Å². The molecule has 0 aromatic heterocycles. The van der Waals surface area contributed by atoms with E-state index in [9.17, 15) is 37.2 Å². The topological polar surface area (TPSA) is 214 Å². The number of carbonyl (C=O) groups is 6. The fourth-order valence-electron chi connectivity index (χ4n) is 8.39. The maximum Gasteiger partial charge on any atom is 0.289 e. The zero-order valence-corrected chi connectivity index (χ0v) is 37.6. The molecule has 5 rings (SSSR count). The number of sulfonamides is 1. The predicted molar refractivity (Wildman–Crippen MR) is 243 cm³/mol. The van der Waals surface area contributed by atoms with Crippen LogP contribution in [0.5, 0.6) is 0 Å². The van der Waals surface area contributed by atoms with Gasteiger partial charge in [-0.25, -0.2) is 13.1 Å². The number of nitrogens with one attached hydrogen (secondary N) is 4. The van der Waals surface area contributed by atoms with Crippen molar-refractivity contribution < 1.29 is 37.2 Å². The Morgan fingerprint density at radius 2 is 1.22 bits per heavy atom. The van der Waals surface area contributed by atoms with Crippen LogP contribution in [-0.2, 0) is 35.6 Å². The van der Waals surface area contributed by atoms with Crippen molar-refractivity contribution >= 4 is 57.7 Å². The first kappa shape index (κ1) is 50.7. The van der Waals surface area contributed by atoms with E-state index in [-0.39, 0.29) is 66.4 Å². The number of nitrogens with two attached hydrogens (primary N) is 1. The van der Waals surface area contributed by atoms with Crippen molar-refractivity contribution in [2.24, 2.45) is 17.6 Å². The number of halogens is 1. The average Bonchev–Trinajstić information content (AvgIpc) is 3.90. The first-order chi connectivity index (χ1) is 30.0. The summed E-state index contributed by atoms with van der Waals surface area (Å²) in [6, 6.07) is 21.4. The molecule has 0 radical (unpaired) electrons. The van der Waals surface area contributed by atoms with Crippen molar-refractivity contribution in [1.29, 1.82) is 0 Å². The van der Waals surface area contributed by atoms with Crippen LogP contribution in [0.4, 0.5) is 0 Å². The first-order valence-corrected chi connectivity index (χ1v) is 23.6. The molecule has 342 valence electrons. The molecule has 3 aromatic carbocycles. The van der Waals surface area contributed by atoms with Crippen molar-refractivity contribution in [3.8, 4) is 0 Å². The van der Waals surface area contributed by atoms with Crippen LogP contribution in [0.1, 0.15) is 116 Å². The minimum absolute atomic E-state index is 0. The van der Waals surface area contributed by atoms with Gasteiger partial charge in [0.2, 0.25) is 27.6 Å². The molecule has 0 saturated heterocycles. The normalized spacial score (nSPS) is 15.2. The lowest BCUT2D eigenvalue weighted by Gasteiger charge is -2.27. The molecule has 0 spiro atoms. The van der Waals surface area contributed by atoms with Gasteiger partial charge >= 0.3 is 0 Å². The van der Waals surface area contributed by atoms with Crippen LogP contribution >= 0.6 is 12.4 Å². The summed E-state index contributed by atoms with van der Waals surface area (Å²) < 4.78 is 27.6. The van der Waals surface area contributed by atoms with Gasteiger partial charge in [-0.2, -0.15) is 0 Å². The van der Waals surface area contributed by atoms with Gasteiger partial charge in [0, 0.05) is 32.0 Å². The Morgan fingerprint density at radius 1 is 0.667 bits per heavy atom. The number of imide groups is 1. The van der Waals surface area contributed by atoms with Gasteiger partial charge in [-0.1, -0.05) is 106 Å². The summed E-state index contributed by atoms with van der Waals surface area (Å²) in [5, 5.41) is 8.30. The number of hydrogen-bond acceptors (Lipinski definition) is 9. The first-order valence-electron chi connectivity index (χ1n) is 22.2. The highest BCUT2D eigenvalue weighted by Gasteiger charge is 2.36. The monoisotopic (exact) mass is 906 g/mol. The summed E-state index contributed by atoms with van der Waals surface area (Å²) in [7, 11) is -3.82. The molecule has 16 heteroatoms. The van der Waals surface area contributed by atoms with E-state index in [0.29, 0.717) is 55.5 Å². The molecule has 1 fully saturated rings. The highest BCUT2D eigenvalue weighted by Crippen LogP contribution is 2.35. The Morgan fingerprint density at radius 3 is 1.86 bits per heavy atom. The third-order valence-corrected chi connectivity index (χ3v) is 13.3. The number of benzene rings is 3. The van der Waals surface area contributed by atoms with Crippen LogP contribution in [-0.4, -0.2) is 86.9 Å². The number of hydrogen-bond donors (Lipinski definition) is 5. The van der Waals surface area contributed by atoms with Gasteiger partial charge < -0.3 is 21.7 Å². The number of carbonyl (C=O) groups excluding carboxylic acids is 6. The van der Waals surface area contributed by atoms with Crippen LogP contribution in [0.25, 0.3) is 0 Å². The summed E-state index contributed by atoms with van der Waals surface area (Å²) in [5.74, 6) is -3.16. The van der Waals surface area contributed by atoms with Crippen LogP contribution in [0, 0.1) is 11.8 Å². The van der Waals surface area contributed by atoms with Crippen LogP contribution in [0.2, 0.25) is 0 Å². The van der Waals surface area contributed by atoms with Crippen LogP contribution < -0.4 is 26.4 Å². The number of ketones is 1. The van der Waals surface area contributed by atoms with Crippen molar-refractivity contribution in [2.75, 3.05) is 26.2 Å². The third-order valence-electron chi connectivity index (χ3n) is 11.8. The SMILES string of the molecule is Cl.NCCCC[C@H](NC(=O)C(CCCCCCCCN1C(=O)c2ccccc2C1=O)C1CCCC1)C(=O)N[C@@H](Cc1ccccc1)C(=O)C(=O)NCCNS(=O)(=O)c1ccccc1. The lowest BCUT2D eigenvalue weighted by molar-refractivity contribution is -0.140. The molecule has 1 aliphatic carbocycles. The molecule has 1 heterocycles. The van der Waals surface area contributed by atoms with E-state index in [1.807, 2.05) is 6.07 Å². The second kappa shape index (κ2) is 26.0. The molecule has 0 bridgehead atoms. The lowest BCUT2D eigenvalue weighted by atomic mass is 9.85. The standard InChI is InChI=1S/C47H62N6O8S.ClH/c48-29-17-16-28-40(44(56)52-41(33-34-19-7-5-8-20-34)42(54)45(57)49-30-31-50-62(60,61)36-23-9-6-10-24-36)51-43(55)37(35-21-12-13-22-35)25-11-3-1-2-4-18-32-53-46(58)38-26-14-15-27-39(38)47(53)59;/h5-10,14-15,19-20,23-24,26-27,35,37,40-41,50H,1-4,11-13,16-18,21-22,25,28-33,48H2,(H,49,57)(H,51,55)(H,52,56);1H/t37?,40-,41-;/m0./s1.